The molecule has 0 spiro atoms. The van der Waals surface area contributed by atoms with Crippen LogP contribution >= 0.6 is 0 Å². The summed E-state index contributed by atoms with van der Waals surface area (Å²) in [6.45, 7) is 3.72. The van der Waals surface area contributed by atoms with E-state index in [2.05, 4.69) is 24.6 Å². The maximum atomic E-state index is 3.72. The van der Waals surface area contributed by atoms with Crippen LogP contribution in [0.5, 0.6) is 0 Å². The van der Waals surface area contributed by atoms with E-state index in [0.29, 0.717) is 0 Å². The minimum atomic E-state index is 1.10. The summed E-state index contributed by atoms with van der Waals surface area (Å²) < 4.78 is 0. The minimum absolute atomic E-state index is 1.10. The van der Waals surface area contributed by atoms with Gasteiger partial charge in [0.05, 0.1) is 0 Å². The van der Waals surface area contributed by atoms with E-state index < -0.39 is 0 Å². The average Bonchev–Trinajstić information content (AvgIpc) is 1.61. The average molecular weight is 77.1 g/mol. The van der Waals surface area contributed by atoms with Gasteiger partial charge in [-0.15, -0.1) is 0 Å². The molecule has 0 bridgehead atoms. The third-order valence-electron chi connectivity index (χ3n) is 0.854. The molecular weight excluding hydrogens is 67.0 g/mol. The van der Waals surface area contributed by atoms with Gasteiger partial charge in [0.2, 0.25) is 0 Å². The van der Waals surface area contributed by atoms with Crippen molar-refractivity contribution in [2.24, 2.45) is 0 Å². The Balaban J connectivity index is 2.34. The fourth-order valence-corrected chi connectivity index (χ4v) is 0.427. The topological polar surface area (TPSA) is 0 Å². The van der Waals surface area contributed by atoms with Gasteiger partial charge in [0, 0.05) is 0 Å². The predicted octanol–water partition coefficient (Wildman–Crippen LogP) is 1.58. The zero-order valence-electron chi connectivity index (χ0n) is 4.54. The van der Waals surface area contributed by atoms with E-state index in [1.165, 1.54) is 17.9 Å². The molecular formula is C5H10Li. The van der Waals surface area contributed by atoms with E-state index in [1.54, 1.807) is 0 Å². The van der Waals surface area contributed by atoms with E-state index in [4.69, 9.17) is 0 Å². The van der Waals surface area contributed by atoms with Crippen molar-refractivity contribution in [3.05, 3.63) is 6.92 Å². The quantitative estimate of drug-likeness (QED) is 0.354. The van der Waals surface area contributed by atoms with Crippen molar-refractivity contribution in [2.75, 3.05) is 0 Å². The SMILES string of the molecule is [Li][CH2]CCC[CH2]. The van der Waals surface area contributed by atoms with Crippen molar-refractivity contribution in [1.29, 1.82) is 0 Å². The van der Waals surface area contributed by atoms with E-state index in [1.807, 2.05) is 0 Å². The molecule has 0 aromatic rings. The monoisotopic (exact) mass is 77.1 g/mol. The first-order chi connectivity index (χ1) is 2.91. The zero-order chi connectivity index (χ0) is 4.83. The third kappa shape index (κ3) is 4.60. The molecule has 0 aliphatic rings. The number of hydrogen-bond donors (Lipinski definition) is 0. The first kappa shape index (κ1) is 6.60. The number of hydrogen-bond acceptors (Lipinski definition) is 0. The predicted molar refractivity (Wildman–Crippen MR) is 29.8 cm³/mol. The molecule has 6 heavy (non-hydrogen) atoms. The van der Waals surface area contributed by atoms with Crippen LogP contribution in [0.3, 0.4) is 0 Å². The Bertz CT molecular complexity index is 15.9. The van der Waals surface area contributed by atoms with Gasteiger partial charge in [-0.25, -0.2) is 0 Å². The molecule has 31 valence electrons. The van der Waals surface area contributed by atoms with E-state index in [9.17, 15) is 0 Å². The van der Waals surface area contributed by atoms with Gasteiger partial charge in [-0.05, 0) is 0 Å². The van der Waals surface area contributed by atoms with E-state index in [0.717, 1.165) is 6.42 Å². The summed E-state index contributed by atoms with van der Waals surface area (Å²) in [6.07, 6.45) is 3.76. The van der Waals surface area contributed by atoms with Crippen LogP contribution in [0.25, 0.3) is 0 Å². The summed E-state index contributed by atoms with van der Waals surface area (Å²) in [5, 5.41) is 1.32. The third-order valence-corrected chi connectivity index (χ3v) is 0.854. The fraction of sp³-hybridized carbons (Fsp3) is 0.800. The van der Waals surface area contributed by atoms with Crippen LogP contribution in [0.1, 0.15) is 19.3 Å². The zero-order valence-corrected chi connectivity index (χ0v) is 4.54. The molecule has 1 heteroatoms. The van der Waals surface area contributed by atoms with Crippen LogP contribution in [0.2, 0.25) is 5.09 Å². The first-order valence-corrected chi connectivity index (χ1v) is 2.71. The Morgan fingerprint density at radius 2 is 2.00 bits per heavy atom. The van der Waals surface area contributed by atoms with Crippen LogP contribution in [0, 0.1) is 6.92 Å². The van der Waals surface area contributed by atoms with Gasteiger partial charge in [0.25, 0.3) is 0 Å². The molecule has 0 aliphatic carbocycles. The molecule has 0 fully saturated rings. The molecule has 0 aliphatic heterocycles. The molecule has 0 rings (SSSR count). The molecule has 0 nitrogen and oxygen atoms in total. The second-order valence-corrected chi connectivity index (χ2v) is 1.56. The Hall–Kier alpha value is 0.597. The second-order valence-electron chi connectivity index (χ2n) is 1.56. The van der Waals surface area contributed by atoms with Crippen molar-refractivity contribution in [2.45, 2.75) is 24.4 Å². The summed E-state index contributed by atoms with van der Waals surface area (Å²) in [6, 6.07) is 0. The van der Waals surface area contributed by atoms with Crippen LogP contribution in [-0.2, 0) is 0 Å². The normalized spacial score (nSPS) is 9.17. The van der Waals surface area contributed by atoms with Crippen LogP contribution in [0.15, 0.2) is 0 Å². The molecule has 0 N–H and O–H groups in total. The van der Waals surface area contributed by atoms with Gasteiger partial charge in [-0.1, -0.05) is 0 Å². The molecule has 0 aromatic heterocycles. The van der Waals surface area contributed by atoms with Gasteiger partial charge < -0.3 is 0 Å². The van der Waals surface area contributed by atoms with Crippen molar-refractivity contribution < 1.29 is 0 Å². The molecule has 0 unspecified atom stereocenters. The second kappa shape index (κ2) is 5.60. The van der Waals surface area contributed by atoms with Gasteiger partial charge in [0.1, 0.15) is 0 Å². The summed E-state index contributed by atoms with van der Waals surface area (Å²) in [4.78, 5) is 0. The molecule has 1 radical (unpaired) electrons. The van der Waals surface area contributed by atoms with Crippen LogP contribution < -0.4 is 0 Å². The standard InChI is InChI=1S/C5H10.Li/c1-3-5-4-2;/h1-5H2;. The Labute approximate surface area is 49.5 Å². The summed E-state index contributed by atoms with van der Waals surface area (Å²) in [5.41, 5.74) is 0. The summed E-state index contributed by atoms with van der Waals surface area (Å²) >= 11 is 2.20. The Morgan fingerprint density at radius 1 is 1.33 bits per heavy atom. The Kier molecular flexibility index (Phi) is 6.15. The molecule has 0 saturated heterocycles. The molecule has 0 saturated carbocycles. The van der Waals surface area contributed by atoms with Crippen molar-refractivity contribution >= 4 is 17.7 Å². The fourth-order valence-electron chi connectivity index (χ4n) is 0.427. The van der Waals surface area contributed by atoms with Gasteiger partial charge >= 0.3 is 49.0 Å². The van der Waals surface area contributed by atoms with Crippen molar-refractivity contribution in [3.63, 3.8) is 0 Å². The molecule has 0 aromatic carbocycles. The summed E-state index contributed by atoms with van der Waals surface area (Å²) in [5.74, 6) is 0. The molecule has 0 amide bonds. The van der Waals surface area contributed by atoms with Crippen molar-refractivity contribution in [1.82, 2.24) is 0 Å². The van der Waals surface area contributed by atoms with Crippen molar-refractivity contribution in [3.8, 4) is 0 Å². The first-order valence-electron chi connectivity index (χ1n) is 2.71. The Morgan fingerprint density at radius 3 is 2.17 bits per heavy atom. The van der Waals surface area contributed by atoms with Gasteiger partial charge in [0.15, 0.2) is 0 Å². The van der Waals surface area contributed by atoms with Gasteiger partial charge in [-0.2, -0.15) is 0 Å². The molecule has 0 heterocycles. The number of rotatable bonds is 3. The van der Waals surface area contributed by atoms with Crippen LogP contribution in [-0.4, -0.2) is 17.7 Å². The summed E-state index contributed by atoms with van der Waals surface area (Å²) in [7, 11) is 0. The van der Waals surface area contributed by atoms with E-state index in [-0.39, 0.29) is 0 Å². The van der Waals surface area contributed by atoms with E-state index >= 15 is 0 Å². The van der Waals surface area contributed by atoms with Crippen LogP contribution in [0.4, 0.5) is 0 Å². The van der Waals surface area contributed by atoms with Gasteiger partial charge in [-0.3, -0.25) is 0 Å². The molecule has 0 atom stereocenters. The number of unbranched alkanes of at least 4 members (excludes halogenated alkanes) is 2. The maximum absolute atomic E-state index is 3.72.